The minimum atomic E-state index is -0.0742. The second kappa shape index (κ2) is 6.88. The van der Waals surface area contributed by atoms with Gasteiger partial charge in [-0.05, 0) is 48.5 Å². The van der Waals surface area contributed by atoms with Crippen LogP contribution in [0, 0.1) is 4.77 Å². The summed E-state index contributed by atoms with van der Waals surface area (Å²) in [6.07, 6.45) is 0.663. The quantitative estimate of drug-likeness (QED) is 0.723. The van der Waals surface area contributed by atoms with Crippen LogP contribution in [0.4, 0.5) is 0 Å². The molecule has 0 amide bonds. The van der Waals surface area contributed by atoms with Crippen molar-refractivity contribution in [1.82, 2.24) is 9.55 Å². The molecule has 3 rings (SSSR count). The number of methoxy groups -OCH3 is 2. The van der Waals surface area contributed by atoms with Gasteiger partial charge in [0.2, 0.25) is 0 Å². The Bertz CT molecular complexity index is 991. The van der Waals surface area contributed by atoms with E-state index >= 15 is 0 Å². The number of fused-ring (bicyclic) bond motifs is 1. The number of nitrogens with zero attached hydrogens (tertiary/aromatic N) is 1. The number of hydrogen-bond donors (Lipinski definition) is 1. The van der Waals surface area contributed by atoms with E-state index in [1.165, 1.54) is 0 Å². The van der Waals surface area contributed by atoms with Gasteiger partial charge < -0.3 is 14.5 Å². The molecule has 0 saturated heterocycles. The minimum absolute atomic E-state index is 0.0742. The maximum absolute atomic E-state index is 12.6. The summed E-state index contributed by atoms with van der Waals surface area (Å²) in [5.74, 6) is 1.35. The molecule has 0 unspecified atom stereocenters. The maximum atomic E-state index is 12.6. The van der Waals surface area contributed by atoms with E-state index in [0.717, 1.165) is 11.1 Å². The summed E-state index contributed by atoms with van der Waals surface area (Å²) in [7, 11) is 3.21. The third-order valence-electron chi connectivity index (χ3n) is 3.96. The highest BCUT2D eigenvalue weighted by molar-refractivity contribution is 7.71. The molecular formula is C18H18N2O3S. The first-order valence-corrected chi connectivity index (χ1v) is 7.97. The van der Waals surface area contributed by atoms with Crippen LogP contribution in [0.5, 0.6) is 11.5 Å². The van der Waals surface area contributed by atoms with Gasteiger partial charge in [0.15, 0.2) is 16.3 Å². The first-order valence-electron chi connectivity index (χ1n) is 7.57. The van der Waals surface area contributed by atoms with Gasteiger partial charge in [-0.3, -0.25) is 9.36 Å². The molecule has 1 aromatic heterocycles. The fraction of sp³-hybridized carbons (Fsp3) is 0.222. The molecule has 1 heterocycles. The number of benzene rings is 2. The number of ether oxygens (including phenoxy) is 2. The largest absolute Gasteiger partial charge is 0.493 e. The molecular weight excluding hydrogens is 324 g/mol. The lowest BCUT2D eigenvalue weighted by molar-refractivity contribution is 0.354. The second-order valence-corrected chi connectivity index (χ2v) is 5.76. The van der Waals surface area contributed by atoms with Gasteiger partial charge in [0.25, 0.3) is 5.56 Å². The van der Waals surface area contributed by atoms with Gasteiger partial charge in [-0.2, -0.15) is 0 Å². The number of nitrogens with one attached hydrogen (secondary N) is 1. The highest BCUT2D eigenvalue weighted by Crippen LogP contribution is 2.27. The first-order chi connectivity index (χ1) is 11.6. The van der Waals surface area contributed by atoms with Crippen LogP contribution in [-0.4, -0.2) is 23.8 Å². The molecule has 5 nitrogen and oxygen atoms in total. The smallest absolute Gasteiger partial charge is 0.262 e. The van der Waals surface area contributed by atoms with Crippen LogP contribution in [0.1, 0.15) is 5.56 Å². The minimum Gasteiger partial charge on any atom is -0.493 e. The van der Waals surface area contributed by atoms with Crippen molar-refractivity contribution < 1.29 is 9.47 Å². The zero-order valence-electron chi connectivity index (χ0n) is 13.5. The molecule has 0 aliphatic heterocycles. The number of para-hydroxylation sites is 1. The normalized spacial score (nSPS) is 10.8. The van der Waals surface area contributed by atoms with Gasteiger partial charge in [-0.1, -0.05) is 18.2 Å². The first kappa shape index (κ1) is 16.3. The van der Waals surface area contributed by atoms with Crippen LogP contribution in [0.2, 0.25) is 0 Å². The number of H-pyrrole nitrogens is 1. The van der Waals surface area contributed by atoms with E-state index in [4.69, 9.17) is 21.7 Å². The van der Waals surface area contributed by atoms with Crippen molar-refractivity contribution in [3.63, 3.8) is 0 Å². The van der Waals surface area contributed by atoms with E-state index in [9.17, 15) is 4.79 Å². The van der Waals surface area contributed by atoms with E-state index in [0.29, 0.717) is 34.6 Å². The molecule has 3 aromatic rings. The molecule has 0 atom stereocenters. The molecule has 0 radical (unpaired) electrons. The molecule has 0 saturated carbocycles. The predicted octanol–water partition coefficient (Wildman–Crippen LogP) is 3.32. The highest BCUT2D eigenvalue weighted by atomic mass is 32.1. The molecule has 6 heteroatoms. The molecule has 124 valence electrons. The number of rotatable bonds is 5. The van der Waals surface area contributed by atoms with Crippen molar-refractivity contribution >= 4 is 23.1 Å². The lowest BCUT2D eigenvalue weighted by Crippen LogP contribution is -2.23. The monoisotopic (exact) mass is 342 g/mol. The Kier molecular flexibility index (Phi) is 4.66. The van der Waals surface area contributed by atoms with Gasteiger partial charge in [0.05, 0.1) is 25.1 Å². The molecule has 0 aliphatic carbocycles. The third kappa shape index (κ3) is 3.05. The van der Waals surface area contributed by atoms with Crippen molar-refractivity contribution in [3.8, 4) is 11.5 Å². The Morgan fingerprint density at radius 2 is 1.83 bits per heavy atom. The van der Waals surface area contributed by atoms with E-state index in [2.05, 4.69) is 4.98 Å². The van der Waals surface area contributed by atoms with Crippen molar-refractivity contribution in [2.75, 3.05) is 14.2 Å². The number of aryl methyl sites for hydroxylation is 1. The van der Waals surface area contributed by atoms with Crippen molar-refractivity contribution in [3.05, 3.63) is 63.2 Å². The van der Waals surface area contributed by atoms with E-state index < -0.39 is 0 Å². The van der Waals surface area contributed by atoms with Crippen LogP contribution in [-0.2, 0) is 13.0 Å². The molecule has 1 N–H and O–H groups in total. The molecule has 2 aromatic carbocycles. The Morgan fingerprint density at radius 3 is 2.58 bits per heavy atom. The summed E-state index contributed by atoms with van der Waals surface area (Å²) in [6, 6.07) is 13.1. The topological polar surface area (TPSA) is 56.2 Å². The number of hydrogen-bond acceptors (Lipinski definition) is 4. The van der Waals surface area contributed by atoms with Crippen molar-refractivity contribution in [2.24, 2.45) is 0 Å². The van der Waals surface area contributed by atoms with Gasteiger partial charge in [0.1, 0.15) is 0 Å². The standard InChI is InChI=1S/C18H18N2O3S/c1-22-15-8-7-12(11-16(15)23-2)9-10-20-17(21)13-5-3-4-6-14(13)19-18(20)24/h3-8,11H,9-10H2,1-2H3,(H,19,24). The molecule has 24 heavy (non-hydrogen) atoms. The second-order valence-electron chi connectivity index (χ2n) is 5.37. The lowest BCUT2D eigenvalue weighted by atomic mass is 10.1. The van der Waals surface area contributed by atoms with Crippen LogP contribution in [0.25, 0.3) is 10.9 Å². The lowest BCUT2D eigenvalue weighted by Gasteiger charge is -2.11. The van der Waals surface area contributed by atoms with Crippen LogP contribution in [0.15, 0.2) is 47.3 Å². The van der Waals surface area contributed by atoms with Crippen molar-refractivity contribution in [1.29, 1.82) is 0 Å². The van der Waals surface area contributed by atoms with Gasteiger partial charge in [0, 0.05) is 6.54 Å². The molecule has 0 fully saturated rings. The summed E-state index contributed by atoms with van der Waals surface area (Å²) in [6.45, 7) is 0.495. The van der Waals surface area contributed by atoms with E-state index in [-0.39, 0.29) is 5.56 Å². The van der Waals surface area contributed by atoms with Crippen LogP contribution < -0.4 is 15.0 Å². The Hall–Kier alpha value is -2.60. The summed E-state index contributed by atoms with van der Waals surface area (Å²) < 4.78 is 12.6. The van der Waals surface area contributed by atoms with E-state index in [1.807, 2.05) is 36.4 Å². The maximum Gasteiger partial charge on any atom is 0.262 e. The zero-order chi connectivity index (χ0) is 17.1. The third-order valence-corrected chi connectivity index (χ3v) is 4.28. The van der Waals surface area contributed by atoms with Gasteiger partial charge in [-0.25, -0.2) is 0 Å². The molecule has 0 aliphatic rings. The molecule has 0 bridgehead atoms. The fourth-order valence-electron chi connectivity index (χ4n) is 2.68. The highest BCUT2D eigenvalue weighted by Gasteiger charge is 2.08. The Balaban J connectivity index is 1.91. The number of aromatic nitrogens is 2. The predicted molar refractivity (Wildman–Crippen MR) is 96.6 cm³/mol. The van der Waals surface area contributed by atoms with E-state index in [1.54, 1.807) is 24.9 Å². The summed E-state index contributed by atoms with van der Waals surface area (Å²) in [4.78, 5) is 15.7. The van der Waals surface area contributed by atoms with Crippen molar-refractivity contribution in [2.45, 2.75) is 13.0 Å². The summed E-state index contributed by atoms with van der Waals surface area (Å²) in [5.41, 5.74) is 1.73. The van der Waals surface area contributed by atoms with Gasteiger partial charge >= 0.3 is 0 Å². The van der Waals surface area contributed by atoms with Crippen LogP contribution in [0.3, 0.4) is 0 Å². The summed E-state index contributed by atoms with van der Waals surface area (Å²) >= 11 is 5.33. The fourth-order valence-corrected chi connectivity index (χ4v) is 2.96. The molecule has 0 spiro atoms. The Morgan fingerprint density at radius 1 is 1.08 bits per heavy atom. The average Bonchev–Trinajstić information content (AvgIpc) is 2.61. The average molecular weight is 342 g/mol. The van der Waals surface area contributed by atoms with Crippen LogP contribution >= 0.6 is 12.2 Å². The Labute approximate surface area is 144 Å². The van der Waals surface area contributed by atoms with Gasteiger partial charge in [-0.15, -0.1) is 0 Å². The summed E-state index contributed by atoms with van der Waals surface area (Å²) in [5, 5.41) is 0.637. The zero-order valence-corrected chi connectivity index (χ0v) is 14.4. The SMILES string of the molecule is COc1ccc(CCn2c(=S)[nH]c3ccccc3c2=O)cc1OC. The number of aromatic amines is 1.